The Morgan fingerprint density at radius 1 is 0.867 bits per heavy atom. The molecule has 0 aromatic heterocycles. The second-order valence-corrected chi connectivity index (χ2v) is 12.9. The Labute approximate surface area is 185 Å². The lowest BCUT2D eigenvalue weighted by molar-refractivity contribution is -0.176. The molecule has 0 unspecified atom stereocenters. The van der Waals surface area contributed by atoms with Crippen molar-refractivity contribution >= 4 is 11.6 Å². The summed E-state index contributed by atoms with van der Waals surface area (Å²) < 4.78 is 0. The highest BCUT2D eigenvalue weighted by Crippen LogP contribution is 2.70. The van der Waals surface area contributed by atoms with Gasteiger partial charge in [0.1, 0.15) is 0 Å². The normalized spacial score (nSPS) is 47.0. The summed E-state index contributed by atoms with van der Waals surface area (Å²) in [5.41, 5.74) is 0.125. The van der Waals surface area contributed by atoms with Crippen molar-refractivity contribution < 1.29 is 9.59 Å². The van der Waals surface area contributed by atoms with Crippen LogP contribution in [0.3, 0.4) is 0 Å². The van der Waals surface area contributed by atoms with E-state index in [2.05, 4.69) is 41.5 Å². The summed E-state index contributed by atoms with van der Waals surface area (Å²) in [6, 6.07) is 0. The van der Waals surface area contributed by atoms with Crippen molar-refractivity contribution in [2.75, 3.05) is 0 Å². The SMILES string of the molecule is CC(C)CCC[C@@H](C)[C@H]1CC[C@H]2[C@@H]3CC[C@@]4(C)C(=O)C(=O)CC[C@]4(C)[C@H]3CC[C@]12C. The number of rotatable bonds is 5. The number of fused-ring (bicyclic) bond motifs is 5. The molecule has 0 spiro atoms. The fourth-order valence-corrected chi connectivity index (χ4v) is 9.28. The van der Waals surface area contributed by atoms with Gasteiger partial charge in [0.15, 0.2) is 5.78 Å². The summed E-state index contributed by atoms with van der Waals surface area (Å²) >= 11 is 0. The largest absolute Gasteiger partial charge is 0.291 e. The number of carbonyl (C=O) groups excluding carboxylic acids is 2. The maximum absolute atomic E-state index is 13.0. The van der Waals surface area contributed by atoms with Crippen LogP contribution in [-0.4, -0.2) is 11.6 Å². The molecule has 0 amide bonds. The number of Topliss-reactive ketones (excluding diaryl/α,β-unsaturated/α-hetero) is 2. The van der Waals surface area contributed by atoms with Crippen molar-refractivity contribution in [1.82, 2.24) is 0 Å². The van der Waals surface area contributed by atoms with Crippen LogP contribution in [-0.2, 0) is 9.59 Å². The van der Waals surface area contributed by atoms with Crippen LogP contribution in [0, 0.1) is 51.8 Å². The summed E-state index contributed by atoms with van der Waals surface area (Å²) in [4.78, 5) is 25.3. The highest BCUT2D eigenvalue weighted by Gasteiger charge is 2.66. The quantitative estimate of drug-likeness (QED) is 0.444. The summed E-state index contributed by atoms with van der Waals surface area (Å²) in [5.74, 6) is 4.66. The predicted octanol–water partition coefficient (Wildman–Crippen LogP) is 7.25. The first-order valence-corrected chi connectivity index (χ1v) is 13.1. The Kier molecular flexibility index (Phi) is 5.81. The topological polar surface area (TPSA) is 34.1 Å². The minimum Gasteiger partial charge on any atom is -0.291 e. The molecule has 0 N–H and O–H groups in total. The maximum Gasteiger partial charge on any atom is 0.204 e. The van der Waals surface area contributed by atoms with E-state index in [1.807, 2.05) is 0 Å². The highest BCUT2D eigenvalue weighted by atomic mass is 16.2. The van der Waals surface area contributed by atoms with Gasteiger partial charge in [0.05, 0.1) is 0 Å². The van der Waals surface area contributed by atoms with Gasteiger partial charge in [-0.25, -0.2) is 0 Å². The summed E-state index contributed by atoms with van der Waals surface area (Å²) in [6.07, 6.45) is 13.1. The van der Waals surface area contributed by atoms with Crippen LogP contribution in [0.5, 0.6) is 0 Å². The van der Waals surface area contributed by atoms with E-state index in [9.17, 15) is 9.59 Å². The molecule has 4 rings (SSSR count). The molecule has 0 radical (unpaired) electrons. The lowest BCUT2D eigenvalue weighted by Crippen LogP contribution is -2.61. The lowest BCUT2D eigenvalue weighted by Gasteiger charge is -2.63. The van der Waals surface area contributed by atoms with Gasteiger partial charge in [-0.15, -0.1) is 0 Å². The molecule has 4 fully saturated rings. The zero-order valence-corrected chi connectivity index (χ0v) is 20.6. The van der Waals surface area contributed by atoms with Crippen LogP contribution in [0.4, 0.5) is 0 Å². The average molecular weight is 415 g/mol. The molecular formula is C28H46O2. The van der Waals surface area contributed by atoms with E-state index in [-0.39, 0.29) is 17.0 Å². The van der Waals surface area contributed by atoms with Gasteiger partial charge in [0.2, 0.25) is 5.78 Å². The molecule has 4 aliphatic rings. The van der Waals surface area contributed by atoms with Crippen LogP contribution in [0.2, 0.25) is 0 Å². The van der Waals surface area contributed by atoms with Crippen molar-refractivity contribution in [2.45, 2.75) is 112 Å². The smallest absolute Gasteiger partial charge is 0.204 e. The van der Waals surface area contributed by atoms with Gasteiger partial charge in [-0.1, -0.05) is 60.8 Å². The summed E-state index contributed by atoms with van der Waals surface area (Å²) in [7, 11) is 0. The molecule has 0 heterocycles. The molecule has 0 aliphatic heterocycles. The summed E-state index contributed by atoms with van der Waals surface area (Å²) in [6.45, 7) is 14.4. The van der Waals surface area contributed by atoms with Crippen LogP contribution < -0.4 is 0 Å². The molecule has 0 aromatic carbocycles. The highest BCUT2D eigenvalue weighted by molar-refractivity contribution is 6.39. The van der Waals surface area contributed by atoms with Crippen LogP contribution in [0.25, 0.3) is 0 Å². The van der Waals surface area contributed by atoms with Gasteiger partial charge in [-0.05, 0) is 91.3 Å². The number of hydrogen-bond acceptors (Lipinski definition) is 2. The molecule has 8 atom stereocenters. The van der Waals surface area contributed by atoms with Gasteiger partial charge in [-0.3, -0.25) is 9.59 Å². The van der Waals surface area contributed by atoms with E-state index in [1.54, 1.807) is 0 Å². The van der Waals surface area contributed by atoms with Gasteiger partial charge in [0.25, 0.3) is 0 Å². The first-order chi connectivity index (χ1) is 14.0. The predicted molar refractivity (Wildman–Crippen MR) is 123 cm³/mol. The molecule has 4 aliphatic carbocycles. The molecule has 170 valence electrons. The third-order valence-electron chi connectivity index (χ3n) is 11.3. The zero-order valence-electron chi connectivity index (χ0n) is 20.6. The van der Waals surface area contributed by atoms with E-state index < -0.39 is 5.41 Å². The monoisotopic (exact) mass is 414 g/mol. The van der Waals surface area contributed by atoms with E-state index in [4.69, 9.17) is 0 Å². The maximum atomic E-state index is 13.0. The van der Waals surface area contributed by atoms with E-state index in [1.165, 1.54) is 51.4 Å². The Bertz CT molecular complexity index is 695. The van der Waals surface area contributed by atoms with Gasteiger partial charge in [0, 0.05) is 11.8 Å². The minimum atomic E-state index is -0.403. The molecule has 30 heavy (non-hydrogen) atoms. The second kappa shape index (κ2) is 7.73. The molecule has 4 saturated carbocycles. The third kappa shape index (κ3) is 3.17. The van der Waals surface area contributed by atoms with Crippen LogP contribution in [0.1, 0.15) is 112 Å². The van der Waals surface area contributed by atoms with E-state index in [0.29, 0.717) is 17.8 Å². The van der Waals surface area contributed by atoms with Gasteiger partial charge < -0.3 is 0 Å². The summed E-state index contributed by atoms with van der Waals surface area (Å²) in [5, 5.41) is 0. The van der Waals surface area contributed by atoms with E-state index >= 15 is 0 Å². The fourth-order valence-electron chi connectivity index (χ4n) is 9.28. The van der Waals surface area contributed by atoms with Crippen molar-refractivity contribution in [1.29, 1.82) is 0 Å². The molecule has 2 heteroatoms. The number of carbonyl (C=O) groups is 2. The molecule has 0 bridgehead atoms. The molecule has 0 aromatic rings. The lowest BCUT2D eigenvalue weighted by atomic mass is 9.40. The first-order valence-electron chi connectivity index (χ1n) is 13.1. The Hall–Kier alpha value is -0.660. The Morgan fingerprint density at radius 2 is 1.60 bits per heavy atom. The first kappa shape index (κ1) is 22.5. The zero-order chi connectivity index (χ0) is 21.9. The van der Waals surface area contributed by atoms with Crippen molar-refractivity contribution in [2.24, 2.45) is 51.8 Å². The van der Waals surface area contributed by atoms with Crippen molar-refractivity contribution in [3.8, 4) is 0 Å². The average Bonchev–Trinajstić information content (AvgIpc) is 3.04. The Balaban J connectivity index is 1.53. The second-order valence-electron chi connectivity index (χ2n) is 12.9. The molecule has 0 saturated heterocycles. The Morgan fingerprint density at radius 3 is 2.30 bits per heavy atom. The van der Waals surface area contributed by atoms with Crippen molar-refractivity contribution in [3.63, 3.8) is 0 Å². The van der Waals surface area contributed by atoms with Crippen LogP contribution >= 0.6 is 0 Å². The third-order valence-corrected chi connectivity index (χ3v) is 11.3. The molecule has 2 nitrogen and oxygen atoms in total. The van der Waals surface area contributed by atoms with Gasteiger partial charge >= 0.3 is 0 Å². The van der Waals surface area contributed by atoms with Crippen molar-refractivity contribution in [3.05, 3.63) is 0 Å². The minimum absolute atomic E-state index is 0.0310. The number of ketones is 2. The fraction of sp³-hybridized carbons (Fsp3) is 0.929. The molecular weight excluding hydrogens is 368 g/mol. The van der Waals surface area contributed by atoms with Crippen LogP contribution in [0.15, 0.2) is 0 Å². The van der Waals surface area contributed by atoms with Gasteiger partial charge in [-0.2, -0.15) is 0 Å². The number of hydrogen-bond donors (Lipinski definition) is 0. The standard InChI is InChI=1S/C28H46O2/c1-18(2)8-7-9-19(3)21-10-11-22-20-12-16-28(6)25(30)24(29)14-17-27(28,5)23(20)13-15-26(21,22)4/h18-23H,7-17H2,1-6H3/t19-,20+,21-,22+,23+,26-,27-,28+/m1/s1. The van der Waals surface area contributed by atoms with E-state index in [0.717, 1.165) is 42.4 Å².